The Hall–Kier alpha value is -1.92. The molecule has 0 saturated heterocycles. The molecule has 0 spiro atoms. The van der Waals surface area contributed by atoms with Gasteiger partial charge in [-0.15, -0.1) is 0 Å². The highest BCUT2D eigenvalue weighted by atomic mass is 16.5. The molecule has 0 aliphatic heterocycles. The summed E-state index contributed by atoms with van der Waals surface area (Å²) >= 11 is 0. The molecule has 0 unspecified atom stereocenters. The molecule has 4 fully saturated rings. The van der Waals surface area contributed by atoms with Gasteiger partial charge < -0.3 is 14.2 Å². The number of rotatable bonds is 6. The predicted octanol–water partition coefficient (Wildman–Crippen LogP) is 4.89. The molecule has 0 aromatic heterocycles. The maximum atomic E-state index is 14.0. The van der Waals surface area contributed by atoms with Gasteiger partial charge in [0.1, 0.15) is 18.0 Å². The minimum absolute atomic E-state index is 0.0382. The van der Waals surface area contributed by atoms with Gasteiger partial charge in [-0.25, -0.2) is 0 Å². The van der Waals surface area contributed by atoms with E-state index in [1.165, 1.54) is 21.0 Å². The third-order valence-electron chi connectivity index (χ3n) is 10.9. The molecule has 0 N–H and O–H groups in total. The lowest BCUT2D eigenvalue weighted by Crippen LogP contribution is -2.62. The van der Waals surface area contributed by atoms with Crippen LogP contribution in [-0.2, 0) is 33.4 Å². The van der Waals surface area contributed by atoms with Crippen molar-refractivity contribution in [3.8, 4) is 0 Å². The molecule has 0 aromatic rings. The van der Waals surface area contributed by atoms with Crippen molar-refractivity contribution in [2.45, 2.75) is 105 Å². The van der Waals surface area contributed by atoms with Crippen LogP contribution in [0.1, 0.15) is 92.4 Å². The van der Waals surface area contributed by atoms with Crippen LogP contribution in [0.2, 0.25) is 0 Å². The molecule has 202 valence electrons. The molecule has 4 rings (SSSR count). The van der Waals surface area contributed by atoms with Crippen molar-refractivity contribution in [3.05, 3.63) is 0 Å². The molecule has 0 aromatic carbocycles. The van der Waals surface area contributed by atoms with Gasteiger partial charge in [0.05, 0.1) is 7.11 Å². The van der Waals surface area contributed by atoms with Crippen LogP contribution in [0, 0.1) is 46.3 Å². The van der Waals surface area contributed by atoms with Crippen LogP contribution >= 0.6 is 0 Å². The highest BCUT2D eigenvalue weighted by Crippen LogP contribution is 2.67. The summed E-state index contributed by atoms with van der Waals surface area (Å²) in [5.41, 5.74) is -0.503. The van der Waals surface area contributed by atoms with Crippen LogP contribution in [0.25, 0.3) is 0 Å². The topological polar surface area (TPSA) is 96.0 Å². The van der Waals surface area contributed by atoms with E-state index in [0.29, 0.717) is 25.0 Å². The Balaban J connectivity index is 1.62. The zero-order valence-corrected chi connectivity index (χ0v) is 22.8. The summed E-state index contributed by atoms with van der Waals surface area (Å²) in [5.74, 6) is 0.785. The number of ketones is 1. The van der Waals surface area contributed by atoms with Crippen molar-refractivity contribution < 1.29 is 33.4 Å². The van der Waals surface area contributed by atoms with E-state index in [0.717, 1.165) is 38.5 Å². The fourth-order valence-electron chi connectivity index (χ4n) is 9.14. The van der Waals surface area contributed by atoms with Gasteiger partial charge >= 0.3 is 17.9 Å². The van der Waals surface area contributed by atoms with E-state index in [-0.39, 0.29) is 71.0 Å². The van der Waals surface area contributed by atoms with Crippen LogP contribution in [-0.4, -0.2) is 43.0 Å². The second-order valence-corrected chi connectivity index (χ2v) is 12.6. The average molecular weight is 505 g/mol. The molecule has 0 radical (unpaired) electrons. The molecule has 0 amide bonds. The zero-order chi connectivity index (χ0) is 26.4. The van der Waals surface area contributed by atoms with Crippen molar-refractivity contribution in [1.29, 1.82) is 0 Å². The Kier molecular flexibility index (Phi) is 7.60. The summed E-state index contributed by atoms with van der Waals surface area (Å²) in [7, 11) is 1.41. The first kappa shape index (κ1) is 27.1. The number of esters is 3. The molecule has 0 heterocycles. The molecule has 36 heavy (non-hydrogen) atoms. The number of Topliss-reactive ketones (excluding diaryl/α,β-unsaturated/α-hetero) is 1. The highest BCUT2D eigenvalue weighted by molar-refractivity contribution is 5.87. The second-order valence-electron chi connectivity index (χ2n) is 12.6. The molecule has 4 saturated carbocycles. The summed E-state index contributed by atoms with van der Waals surface area (Å²) in [4.78, 5) is 49.7. The molecule has 4 aliphatic carbocycles. The van der Waals surface area contributed by atoms with Crippen molar-refractivity contribution in [1.82, 2.24) is 0 Å². The lowest BCUT2D eigenvalue weighted by molar-refractivity contribution is -0.196. The van der Waals surface area contributed by atoms with Gasteiger partial charge in [-0.3, -0.25) is 19.2 Å². The number of hydrogen-bond donors (Lipinski definition) is 0. The van der Waals surface area contributed by atoms with Crippen molar-refractivity contribution >= 4 is 23.7 Å². The molecular formula is C29H44O7. The average Bonchev–Trinajstić information content (AvgIpc) is 3.16. The SMILES string of the molecule is COC(=O)CC[C@H](C)[C@H]1CC[C@@H]2[C@H]3[C@H](OC(C)=O)C[C@@H]4C[C@H](OC(C)=O)CC[C@]4(C)[C@H]3CC(=O)[C@@]21C. The molecule has 7 nitrogen and oxygen atoms in total. The summed E-state index contributed by atoms with van der Waals surface area (Å²) in [6, 6.07) is 0. The van der Waals surface area contributed by atoms with Crippen LogP contribution < -0.4 is 0 Å². The molecule has 4 aliphatic rings. The zero-order valence-electron chi connectivity index (χ0n) is 22.8. The quantitative estimate of drug-likeness (QED) is 0.375. The Morgan fingerprint density at radius 2 is 1.69 bits per heavy atom. The van der Waals surface area contributed by atoms with Crippen LogP contribution in [0.3, 0.4) is 0 Å². The van der Waals surface area contributed by atoms with E-state index >= 15 is 0 Å². The molecular weight excluding hydrogens is 460 g/mol. The maximum absolute atomic E-state index is 14.0. The first-order valence-corrected chi connectivity index (χ1v) is 13.9. The first-order valence-electron chi connectivity index (χ1n) is 13.9. The van der Waals surface area contributed by atoms with E-state index in [9.17, 15) is 19.2 Å². The third-order valence-corrected chi connectivity index (χ3v) is 10.9. The highest BCUT2D eigenvalue weighted by Gasteiger charge is 2.66. The number of carbonyl (C=O) groups is 4. The van der Waals surface area contributed by atoms with E-state index in [1.807, 2.05) is 0 Å². The third kappa shape index (κ3) is 4.60. The van der Waals surface area contributed by atoms with Gasteiger partial charge in [0.25, 0.3) is 0 Å². The van der Waals surface area contributed by atoms with Gasteiger partial charge in [0.2, 0.25) is 0 Å². The van der Waals surface area contributed by atoms with Crippen LogP contribution in [0.4, 0.5) is 0 Å². The number of methoxy groups -OCH3 is 1. The number of carbonyl (C=O) groups excluding carboxylic acids is 4. The number of hydrogen-bond acceptors (Lipinski definition) is 7. The van der Waals surface area contributed by atoms with Crippen molar-refractivity contribution in [2.75, 3.05) is 7.11 Å². The van der Waals surface area contributed by atoms with Crippen molar-refractivity contribution in [3.63, 3.8) is 0 Å². The largest absolute Gasteiger partial charge is 0.469 e. The normalized spacial score (nSPS) is 42.4. The maximum Gasteiger partial charge on any atom is 0.305 e. The lowest BCUT2D eigenvalue weighted by atomic mass is 9.43. The monoisotopic (exact) mass is 504 g/mol. The summed E-state index contributed by atoms with van der Waals surface area (Å²) in [6.07, 6.45) is 6.44. The summed E-state index contributed by atoms with van der Waals surface area (Å²) < 4.78 is 16.5. The van der Waals surface area contributed by atoms with Crippen molar-refractivity contribution in [2.24, 2.45) is 46.3 Å². The minimum atomic E-state index is -0.465. The van der Waals surface area contributed by atoms with Gasteiger partial charge in [0.15, 0.2) is 0 Å². The predicted molar refractivity (Wildman–Crippen MR) is 133 cm³/mol. The Labute approximate surface area is 215 Å². The standard InChI is InChI=1S/C29H44O7/c1-16(7-10-26(33)34-6)21-8-9-22-27-23(15-25(32)29(21,22)5)28(4)12-11-20(35-17(2)30)13-19(28)14-24(27)36-18(3)31/h16,19-24,27H,7-15H2,1-6H3/t16-,19-,20+,21+,22+,23-,24+,27+,28-,29+/m0/s1. The van der Waals surface area contributed by atoms with E-state index in [4.69, 9.17) is 14.2 Å². The van der Waals surface area contributed by atoms with E-state index in [1.54, 1.807) is 0 Å². The van der Waals surface area contributed by atoms with Crippen LogP contribution in [0.5, 0.6) is 0 Å². The Morgan fingerprint density at radius 3 is 2.33 bits per heavy atom. The minimum Gasteiger partial charge on any atom is -0.469 e. The molecule has 10 atom stereocenters. The summed E-state index contributed by atoms with van der Waals surface area (Å²) in [6.45, 7) is 9.57. The second kappa shape index (κ2) is 10.1. The number of fused-ring (bicyclic) bond motifs is 5. The van der Waals surface area contributed by atoms with Gasteiger partial charge in [-0.2, -0.15) is 0 Å². The van der Waals surface area contributed by atoms with Crippen LogP contribution in [0.15, 0.2) is 0 Å². The lowest BCUT2D eigenvalue weighted by Gasteiger charge is -2.62. The smallest absolute Gasteiger partial charge is 0.305 e. The first-order chi connectivity index (χ1) is 16.9. The Morgan fingerprint density at radius 1 is 1.00 bits per heavy atom. The molecule has 7 heteroatoms. The number of ether oxygens (including phenoxy) is 3. The fourth-order valence-corrected chi connectivity index (χ4v) is 9.14. The Bertz CT molecular complexity index is 898. The fraction of sp³-hybridized carbons (Fsp3) is 0.862. The van der Waals surface area contributed by atoms with Gasteiger partial charge in [0, 0.05) is 38.0 Å². The van der Waals surface area contributed by atoms with Gasteiger partial charge in [-0.05, 0) is 80.0 Å². The van der Waals surface area contributed by atoms with E-state index < -0.39 is 5.41 Å². The summed E-state index contributed by atoms with van der Waals surface area (Å²) in [5, 5.41) is 0. The molecule has 0 bridgehead atoms. The van der Waals surface area contributed by atoms with Gasteiger partial charge in [-0.1, -0.05) is 20.8 Å². The van der Waals surface area contributed by atoms with E-state index in [2.05, 4.69) is 20.8 Å².